The van der Waals surface area contributed by atoms with Gasteiger partial charge in [-0.25, -0.2) is 9.97 Å². The number of nitrogens with zero attached hydrogens (tertiary/aromatic N) is 4. The molecule has 1 aromatic heterocycles. The molecule has 25 heavy (non-hydrogen) atoms. The Kier molecular flexibility index (Phi) is 5.16. The van der Waals surface area contributed by atoms with Crippen molar-refractivity contribution in [3.05, 3.63) is 36.4 Å². The van der Waals surface area contributed by atoms with Crippen molar-refractivity contribution >= 4 is 17.5 Å². The Morgan fingerprint density at radius 1 is 1.08 bits per heavy atom. The van der Waals surface area contributed by atoms with Crippen molar-refractivity contribution in [1.82, 2.24) is 14.9 Å². The highest BCUT2D eigenvalue weighted by molar-refractivity contribution is 5.73. The van der Waals surface area contributed by atoms with Crippen LogP contribution in [0.5, 0.6) is 0 Å². The topological polar surface area (TPSA) is 61.4 Å². The standard InChI is InChI=1S/C19H25N5O/c1-14(2)20-17-13-18(24-11-9-23(10-12-24)15(3)25)22-19(21-17)16-7-5-4-6-8-16/h4-8,13-14H,9-12H2,1-3H3,(H,20,21,22). The lowest BCUT2D eigenvalue weighted by molar-refractivity contribution is -0.129. The number of rotatable bonds is 4. The molecule has 1 saturated heterocycles. The minimum absolute atomic E-state index is 0.134. The molecule has 1 aliphatic rings. The number of hydrogen-bond donors (Lipinski definition) is 1. The number of benzene rings is 1. The molecule has 2 heterocycles. The van der Waals surface area contributed by atoms with Gasteiger partial charge in [0.25, 0.3) is 0 Å². The van der Waals surface area contributed by atoms with E-state index in [1.165, 1.54) is 0 Å². The summed E-state index contributed by atoms with van der Waals surface area (Å²) in [5, 5.41) is 3.38. The Hall–Kier alpha value is -2.63. The van der Waals surface area contributed by atoms with E-state index in [1.807, 2.05) is 41.3 Å². The number of carbonyl (C=O) groups excluding carboxylic acids is 1. The van der Waals surface area contributed by atoms with E-state index >= 15 is 0 Å². The molecular formula is C19H25N5O. The first-order valence-electron chi connectivity index (χ1n) is 8.74. The highest BCUT2D eigenvalue weighted by Crippen LogP contribution is 2.23. The van der Waals surface area contributed by atoms with Crippen LogP contribution >= 0.6 is 0 Å². The zero-order chi connectivity index (χ0) is 17.8. The molecule has 3 rings (SSSR count). The molecule has 0 atom stereocenters. The van der Waals surface area contributed by atoms with E-state index < -0.39 is 0 Å². The zero-order valence-corrected chi connectivity index (χ0v) is 15.1. The molecule has 0 radical (unpaired) electrons. The molecule has 1 aromatic carbocycles. The van der Waals surface area contributed by atoms with Crippen LogP contribution in [0.1, 0.15) is 20.8 Å². The molecule has 2 aromatic rings. The molecule has 0 bridgehead atoms. The fraction of sp³-hybridized carbons (Fsp3) is 0.421. The maximum absolute atomic E-state index is 11.5. The Morgan fingerprint density at radius 3 is 2.36 bits per heavy atom. The molecule has 0 aliphatic carbocycles. The first-order valence-corrected chi connectivity index (χ1v) is 8.74. The molecule has 1 amide bonds. The third kappa shape index (κ3) is 4.26. The smallest absolute Gasteiger partial charge is 0.219 e. The lowest BCUT2D eigenvalue weighted by Crippen LogP contribution is -2.48. The van der Waals surface area contributed by atoms with Gasteiger partial charge in [0.05, 0.1) is 0 Å². The lowest BCUT2D eigenvalue weighted by atomic mass is 10.2. The summed E-state index contributed by atoms with van der Waals surface area (Å²) in [5.74, 6) is 2.58. The van der Waals surface area contributed by atoms with Crippen molar-refractivity contribution < 1.29 is 4.79 Å². The average molecular weight is 339 g/mol. The van der Waals surface area contributed by atoms with Crippen LogP contribution < -0.4 is 10.2 Å². The first-order chi connectivity index (χ1) is 12.0. The molecule has 132 valence electrons. The predicted molar refractivity (Wildman–Crippen MR) is 101 cm³/mol. The number of nitrogens with one attached hydrogen (secondary N) is 1. The van der Waals surface area contributed by atoms with Crippen LogP contribution in [0.3, 0.4) is 0 Å². The van der Waals surface area contributed by atoms with Crippen LogP contribution in [0.4, 0.5) is 11.6 Å². The van der Waals surface area contributed by atoms with Gasteiger partial charge in [-0.2, -0.15) is 0 Å². The number of aromatic nitrogens is 2. The molecule has 1 N–H and O–H groups in total. The molecule has 0 unspecified atom stereocenters. The summed E-state index contributed by atoms with van der Waals surface area (Å²) >= 11 is 0. The molecular weight excluding hydrogens is 314 g/mol. The fourth-order valence-electron chi connectivity index (χ4n) is 2.93. The lowest BCUT2D eigenvalue weighted by Gasteiger charge is -2.35. The van der Waals surface area contributed by atoms with Crippen LogP contribution in [0.15, 0.2) is 36.4 Å². The van der Waals surface area contributed by atoms with Crippen molar-refractivity contribution in [3.63, 3.8) is 0 Å². The maximum atomic E-state index is 11.5. The average Bonchev–Trinajstić information content (AvgIpc) is 2.61. The van der Waals surface area contributed by atoms with Gasteiger partial charge in [0, 0.05) is 50.8 Å². The number of anilines is 2. The predicted octanol–water partition coefficient (Wildman–Crippen LogP) is 2.63. The van der Waals surface area contributed by atoms with E-state index in [-0.39, 0.29) is 5.91 Å². The van der Waals surface area contributed by atoms with Crippen LogP contribution in [0.2, 0.25) is 0 Å². The summed E-state index contributed by atoms with van der Waals surface area (Å²) in [6.07, 6.45) is 0. The summed E-state index contributed by atoms with van der Waals surface area (Å²) in [6, 6.07) is 12.3. The maximum Gasteiger partial charge on any atom is 0.219 e. The number of piperazine rings is 1. The van der Waals surface area contributed by atoms with E-state index in [0.29, 0.717) is 6.04 Å². The van der Waals surface area contributed by atoms with E-state index in [4.69, 9.17) is 4.98 Å². The van der Waals surface area contributed by atoms with Crippen molar-refractivity contribution in [2.24, 2.45) is 0 Å². The van der Waals surface area contributed by atoms with E-state index in [2.05, 4.69) is 29.0 Å². The molecule has 6 nitrogen and oxygen atoms in total. The highest BCUT2D eigenvalue weighted by Gasteiger charge is 2.21. The van der Waals surface area contributed by atoms with Crippen molar-refractivity contribution in [2.75, 3.05) is 36.4 Å². The third-order valence-corrected chi connectivity index (χ3v) is 4.23. The van der Waals surface area contributed by atoms with Gasteiger partial charge in [0.2, 0.25) is 5.91 Å². The number of hydrogen-bond acceptors (Lipinski definition) is 5. The molecule has 6 heteroatoms. The minimum atomic E-state index is 0.134. The monoisotopic (exact) mass is 339 g/mol. The van der Waals surface area contributed by atoms with Gasteiger partial charge < -0.3 is 15.1 Å². The summed E-state index contributed by atoms with van der Waals surface area (Å²) < 4.78 is 0. The third-order valence-electron chi connectivity index (χ3n) is 4.23. The Morgan fingerprint density at radius 2 is 1.76 bits per heavy atom. The van der Waals surface area contributed by atoms with Gasteiger partial charge >= 0.3 is 0 Å². The second-order valence-corrected chi connectivity index (χ2v) is 6.59. The summed E-state index contributed by atoms with van der Waals surface area (Å²) in [4.78, 5) is 25.1. The summed E-state index contributed by atoms with van der Waals surface area (Å²) in [5.41, 5.74) is 0.999. The van der Waals surface area contributed by atoms with Crippen molar-refractivity contribution in [2.45, 2.75) is 26.8 Å². The van der Waals surface area contributed by atoms with Crippen LogP contribution in [0, 0.1) is 0 Å². The minimum Gasteiger partial charge on any atom is -0.368 e. The van der Waals surface area contributed by atoms with E-state index in [9.17, 15) is 4.79 Å². The quantitative estimate of drug-likeness (QED) is 0.928. The molecule has 0 saturated carbocycles. The Balaban J connectivity index is 1.89. The van der Waals surface area contributed by atoms with Gasteiger partial charge in [-0.1, -0.05) is 30.3 Å². The van der Waals surface area contributed by atoms with Crippen molar-refractivity contribution in [1.29, 1.82) is 0 Å². The largest absolute Gasteiger partial charge is 0.368 e. The number of amides is 1. The normalized spacial score (nSPS) is 14.7. The second kappa shape index (κ2) is 7.51. The van der Waals surface area contributed by atoms with Crippen LogP contribution in [0.25, 0.3) is 11.4 Å². The molecule has 1 fully saturated rings. The fourth-order valence-corrected chi connectivity index (χ4v) is 2.93. The van der Waals surface area contributed by atoms with E-state index in [0.717, 1.165) is 49.2 Å². The Labute approximate surface area is 148 Å². The summed E-state index contributed by atoms with van der Waals surface area (Å²) in [6.45, 7) is 8.83. The Bertz CT molecular complexity index is 724. The first kappa shape index (κ1) is 17.2. The van der Waals surface area contributed by atoms with Gasteiger partial charge in [-0.15, -0.1) is 0 Å². The molecule has 1 aliphatic heterocycles. The van der Waals surface area contributed by atoms with Crippen LogP contribution in [-0.4, -0.2) is 53.0 Å². The molecule has 0 spiro atoms. The van der Waals surface area contributed by atoms with Crippen LogP contribution in [-0.2, 0) is 4.79 Å². The van der Waals surface area contributed by atoms with Crippen molar-refractivity contribution in [3.8, 4) is 11.4 Å². The van der Waals surface area contributed by atoms with Gasteiger partial charge in [-0.05, 0) is 13.8 Å². The number of carbonyl (C=O) groups is 1. The van der Waals surface area contributed by atoms with Gasteiger partial charge in [-0.3, -0.25) is 4.79 Å². The summed E-state index contributed by atoms with van der Waals surface area (Å²) in [7, 11) is 0. The zero-order valence-electron chi connectivity index (χ0n) is 15.1. The SMILES string of the molecule is CC(=O)N1CCN(c2cc(NC(C)C)nc(-c3ccccc3)n2)CC1. The van der Waals surface area contributed by atoms with Gasteiger partial charge in [0.1, 0.15) is 11.6 Å². The second-order valence-electron chi connectivity index (χ2n) is 6.59. The highest BCUT2D eigenvalue weighted by atomic mass is 16.2. The van der Waals surface area contributed by atoms with Gasteiger partial charge in [0.15, 0.2) is 5.82 Å². The van der Waals surface area contributed by atoms with E-state index in [1.54, 1.807) is 6.92 Å².